The molecule has 0 unspecified atom stereocenters. The molecule has 1 N–H and O–H groups in total. The normalized spacial score (nSPS) is 10.4. The van der Waals surface area contributed by atoms with Crippen molar-refractivity contribution in [3.05, 3.63) is 95.1 Å². The standard InChI is InChI=1S/C24H23NO3/c1-17(26)19-12-13-23(28-2)21(15-19)16-24(27)25-22-11-7-6-10-20(22)14-18-8-4-3-5-9-18/h3-13,15H,14,16H2,1-2H3,(H,25,27). The quantitative estimate of drug-likeness (QED) is 0.612. The van der Waals surface area contributed by atoms with Crippen molar-refractivity contribution in [2.24, 2.45) is 0 Å². The number of anilines is 1. The zero-order valence-electron chi connectivity index (χ0n) is 16.1. The van der Waals surface area contributed by atoms with E-state index in [0.29, 0.717) is 16.9 Å². The van der Waals surface area contributed by atoms with Crippen LogP contribution >= 0.6 is 0 Å². The lowest BCUT2D eigenvalue weighted by Crippen LogP contribution is -2.16. The molecule has 0 saturated heterocycles. The highest BCUT2D eigenvalue weighted by molar-refractivity contribution is 5.96. The van der Waals surface area contributed by atoms with Crippen LogP contribution in [0.1, 0.15) is 34.0 Å². The Labute approximate surface area is 165 Å². The van der Waals surface area contributed by atoms with E-state index < -0.39 is 0 Å². The van der Waals surface area contributed by atoms with Crippen molar-refractivity contribution in [1.29, 1.82) is 0 Å². The topological polar surface area (TPSA) is 55.4 Å². The summed E-state index contributed by atoms with van der Waals surface area (Å²) >= 11 is 0. The molecule has 0 aliphatic carbocycles. The van der Waals surface area contributed by atoms with Crippen LogP contribution < -0.4 is 10.1 Å². The summed E-state index contributed by atoms with van der Waals surface area (Å²) in [5.41, 5.74) is 4.27. The van der Waals surface area contributed by atoms with Crippen LogP contribution in [0.3, 0.4) is 0 Å². The summed E-state index contributed by atoms with van der Waals surface area (Å²) in [4.78, 5) is 24.3. The molecule has 0 radical (unpaired) electrons. The van der Waals surface area contributed by atoms with Gasteiger partial charge in [0.15, 0.2) is 5.78 Å². The van der Waals surface area contributed by atoms with Crippen LogP contribution in [-0.2, 0) is 17.6 Å². The molecule has 0 saturated carbocycles. The van der Waals surface area contributed by atoms with Crippen LogP contribution in [0.4, 0.5) is 5.69 Å². The molecule has 3 aromatic carbocycles. The Bertz CT molecular complexity index is 980. The number of amides is 1. The van der Waals surface area contributed by atoms with Gasteiger partial charge < -0.3 is 10.1 Å². The van der Waals surface area contributed by atoms with Gasteiger partial charge in [0.2, 0.25) is 5.91 Å². The number of rotatable bonds is 7. The molecular formula is C24H23NO3. The predicted octanol–water partition coefficient (Wildman–Crippen LogP) is 4.67. The van der Waals surface area contributed by atoms with Gasteiger partial charge in [0.1, 0.15) is 5.75 Å². The fourth-order valence-electron chi connectivity index (χ4n) is 3.12. The van der Waals surface area contributed by atoms with E-state index in [9.17, 15) is 9.59 Å². The van der Waals surface area contributed by atoms with Crippen molar-refractivity contribution in [2.45, 2.75) is 19.8 Å². The zero-order chi connectivity index (χ0) is 19.9. The molecule has 0 spiro atoms. The summed E-state index contributed by atoms with van der Waals surface area (Å²) in [5.74, 6) is 0.398. The Morgan fingerprint density at radius 2 is 1.61 bits per heavy atom. The third kappa shape index (κ3) is 4.86. The van der Waals surface area contributed by atoms with Crippen molar-refractivity contribution in [3.8, 4) is 5.75 Å². The van der Waals surface area contributed by atoms with Crippen molar-refractivity contribution < 1.29 is 14.3 Å². The number of carbonyl (C=O) groups excluding carboxylic acids is 2. The van der Waals surface area contributed by atoms with Gasteiger partial charge >= 0.3 is 0 Å². The summed E-state index contributed by atoms with van der Waals surface area (Å²) in [5, 5.41) is 3.00. The van der Waals surface area contributed by atoms with E-state index in [-0.39, 0.29) is 18.1 Å². The second kappa shape index (κ2) is 9.00. The van der Waals surface area contributed by atoms with Crippen LogP contribution in [0, 0.1) is 0 Å². The van der Waals surface area contributed by atoms with Crippen molar-refractivity contribution >= 4 is 17.4 Å². The zero-order valence-corrected chi connectivity index (χ0v) is 16.1. The minimum absolute atomic E-state index is 0.0440. The molecule has 0 atom stereocenters. The lowest BCUT2D eigenvalue weighted by molar-refractivity contribution is -0.115. The van der Waals surface area contributed by atoms with Gasteiger partial charge in [-0.15, -0.1) is 0 Å². The van der Waals surface area contributed by atoms with Gasteiger partial charge in [-0.05, 0) is 48.7 Å². The number of carbonyl (C=O) groups is 2. The maximum absolute atomic E-state index is 12.7. The van der Waals surface area contributed by atoms with Gasteiger partial charge in [-0.3, -0.25) is 9.59 Å². The molecular weight excluding hydrogens is 350 g/mol. The molecule has 4 heteroatoms. The molecule has 28 heavy (non-hydrogen) atoms. The first-order chi connectivity index (χ1) is 13.6. The second-order valence-electron chi connectivity index (χ2n) is 6.63. The van der Waals surface area contributed by atoms with Crippen LogP contribution in [0.5, 0.6) is 5.75 Å². The molecule has 0 aromatic heterocycles. The number of methoxy groups -OCH3 is 1. The van der Waals surface area contributed by atoms with Gasteiger partial charge in [-0.25, -0.2) is 0 Å². The third-order valence-corrected chi connectivity index (χ3v) is 4.57. The average Bonchev–Trinajstić information content (AvgIpc) is 2.70. The summed E-state index contributed by atoms with van der Waals surface area (Å²) in [7, 11) is 1.55. The summed E-state index contributed by atoms with van der Waals surface area (Å²) < 4.78 is 5.34. The molecule has 0 fully saturated rings. The van der Waals surface area contributed by atoms with Crippen LogP contribution in [0.2, 0.25) is 0 Å². The molecule has 4 nitrogen and oxygen atoms in total. The van der Waals surface area contributed by atoms with E-state index in [4.69, 9.17) is 4.74 Å². The number of ether oxygens (including phenoxy) is 1. The van der Waals surface area contributed by atoms with Gasteiger partial charge in [-0.2, -0.15) is 0 Å². The van der Waals surface area contributed by atoms with E-state index in [2.05, 4.69) is 17.4 Å². The number of hydrogen-bond donors (Lipinski definition) is 1. The molecule has 3 aromatic rings. The molecule has 0 aliphatic heterocycles. The number of nitrogens with one attached hydrogen (secondary N) is 1. The van der Waals surface area contributed by atoms with Crippen molar-refractivity contribution in [2.75, 3.05) is 12.4 Å². The highest BCUT2D eigenvalue weighted by Gasteiger charge is 2.13. The number of para-hydroxylation sites is 1. The SMILES string of the molecule is COc1ccc(C(C)=O)cc1CC(=O)Nc1ccccc1Cc1ccccc1. The van der Waals surface area contributed by atoms with Crippen molar-refractivity contribution in [3.63, 3.8) is 0 Å². The van der Waals surface area contributed by atoms with Gasteiger partial charge in [0.05, 0.1) is 13.5 Å². The minimum Gasteiger partial charge on any atom is -0.496 e. The lowest BCUT2D eigenvalue weighted by atomic mass is 10.0. The number of Topliss-reactive ketones (excluding diaryl/α,β-unsaturated/α-hetero) is 1. The molecule has 0 heterocycles. The number of hydrogen-bond acceptors (Lipinski definition) is 3. The first kappa shape index (κ1) is 19.4. The van der Waals surface area contributed by atoms with Gasteiger partial charge in [0, 0.05) is 16.8 Å². The van der Waals surface area contributed by atoms with E-state index >= 15 is 0 Å². The lowest BCUT2D eigenvalue weighted by Gasteiger charge is -2.13. The van der Waals surface area contributed by atoms with Crippen molar-refractivity contribution in [1.82, 2.24) is 0 Å². The number of benzene rings is 3. The van der Waals surface area contributed by atoms with Gasteiger partial charge in [0.25, 0.3) is 0 Å². The Kier molecular flexibility index (Phi) is 6.22. The largest absolute Gasteiger partial charge is 0.496 e. The Hall–Kier alpha value is -3.40. The monoisotopic (exact) mass is 373 g/mol. The van der Waals surface area contributed by atoms with E-state index in [1.165, 1.54) is 12.5 Å². The molecule has 0 bridgehead atoms. The molecule has 0 aliphatic rings. The summed E-state index contributed by atoms with van der Waals surface area (Å²) in [6.07, 6.45) is 0.865. The molecule has 3 rings (SSSR count). The highest BCUT2D eigenvalue weighted by atomic mass is 16.5. The Balaban J connectivity index is 1.77. The van der Waals surface area contributed by atoms with E-state index in [0.717, 1.165) is 17.7 Å². The maximum atomic E-state index is 12.7. The Morgan fingerprint density at radius 1 is 0.893 bits per heavy atom. The first-order valence-electron chi connectivity index (χ1n) is 9.16. The maximum Gasteiger partial charge on any atom is 0.228 e. The van der Waals surface area contributed by atoms with Crippen LogP contribution in [0.25, 0.3) is 0 Å². The Morgan fingerprint density at radius 3 is 2.32 bits per heavy atom. The fraction of sp³-hybridized carbons (Fsp3) is 0.167. The fourth-order valence-corrected chi connectivity index (χ4v) is 3.12. The number of ketones is 1. The summed E-state index contributed by atoms with van der Waals surface area (Å²) in [6, 6.07) is 23.1. The van der Waals surface area contributed by atoms with Crippen LogP contribution in [-0.4, -0.2) is 18.8 Å². The molecule has 1 amide bonds. The molecule has 142 valence electrons. The first-order valence-corrected chi connectivity index (χ1v) is 9.16. The van der Waals surface area contributed by atoms with E-state index in [1.807, 2.05) is 42.5 Å². The average molecular weight is 373 g/mol. The minimum atomic E-state index is -0.153. The highest BCUT2D eigenvalue weighted by Crippen LogP contribution is 2.23. The predicted molar refractivity (Wildman–Crippen MR) is 111 cm³/mol. The van der Waals surface area contributed by atoms with Crippen LogP contribution in [0.15, 0.2) is 72.8 Å². The smallest absolute Gasteiger partial charge is 0.228 e. The van der Waals surface area contributed by atoms with Gasteiger partial charge in [-0.1, -0.05) is 48.5 Å². The van der Waals surface area contributed by atoms with E-state index in [1.54, 1.807) is 25.3 Å². The third-order valence-electron chi connectivity index (χ3n) is 4.57. The summed E-state index contributed by atoms with van der Waals surface area (Å²) in [6.45, 7) is 1.51. The second-order valence-corrected chi connectivity index (χ2v) is 6.63.